The molecule has 0 aliphatic heterocycles. The highest BCUT2D eigenvalue weighted by atomic mass is 16.6. The van der Waals surface area contributed by atoms with Crippen LogP contribution in [0.4, 0.5) is 0 Å². The molecule has 0 atom stereocenters. The van der Waals surface area contributed by atoms with Gasteiger partial charge in [-0.1, -0.05) is 30.9 Å². The second kappa shape index (κ2) is 13.2. The number of fused-ring (bicyclic) bond motifs is 2. The number of pyridine rings is 2. The van der Waals surface area contributed by atoms with Crippen molar-refractivity contribution in [3.05, 3.63) is 98.1 Å². The largest absolute Gasteiger partial charge is 0.462 e. The highest BCUT2D eigenvalue weighted by Gasteiger charge is 2.22. The summed E-state index contributed by atoms with van der Waals surface area (Å²) in [6.07, 6.45) is 6.84. The molecule has 0 fully saturated rings. The van der Waals surface area contributed by atoms with Crippen LogP contribution in [-0.2, 0) is 20.8 Å². The maximum Gasteiger partial charge on any atom is 0.341 e. The lowest BCUT2D eigenvalue weighted by Gasteiger charge is -2.15. The fourth-order valence-corrected chi connectivity index (χ4v) is 3.89. The zero-order valence-corrected chi connectivity index (χ0v) is 22.0. The van der Waals surface area contributed by atoms with Crippen LogP contribution < -0.4 is 11.0 Å². The molecule has 1 amide bonds. The number of ether oxygens (including phenoxy) is 2. The van der Waals surface area contributed by atoms with Gasteiger partial charge in [0.05, 0.1) is 16.9 Å². The molecule has 3 rings (SSSR count). The van der Waals surface area contributed by atoms with Crippen molar-refractivity contribution in [1.29, 1.82) is 0 Å². The van der Waals surface area contributed by atoms with E-state index in [1.807, 2.05) is 0 Å². The van der Waals surface area contributed by atoms with Crippen molar-refractivity contribution in [2.24, 2.45) is 4.99 Å². The summed E-state index contributed by atoms with van der Waals surface area (Å²) in [5, 5.41) is 11.6. The Balaban J connectivity index is 2.38. The summed E-state index contributed by atoms with van der Waals surface area (Å²) in [6, 6.07) is 4.81. The predicted octanol–water partition coefficient (Wildman–Crippen LogP) is 2.89. The molecule has 0 radical (unpaired) electrons. The van der Waals surface area contributed by atoms with Crippen LogP contribution in [0.3, 0.4) is 0 Å². The fraction of sp³-hybridized carbons (Fsp3) is 0.296. The summed E-state index contributed by atoms with van der Waals surface area (Å²) in [6.45, 7) is 7.47. The van der Waals surface area contributed by atoms with E-state index in [1.165, 1.54) is 46.4 Å². The van der Waals surface area contributed by atoms with Crippen molar-refractivity contribution in [2.45, 2.75) is 33.2 Å². The molecule has 0 saturated heterocycles. The van der Waals surface area contributed by atoms with Gasteiger partial charge in [-0.05, 0) is 38.0 Å². The Kier molecular flexibility index (Phi) is 9.76. The van der Waals surface area contributed by atoms with Gasteiger partial charge in [-0.25, -0.2) is 9.78 Å². The first-order chi connectivity index (χ1) is 18.7. The second-order valence-corrected chi connectivity index (χ2v) is 8.36. The third kappa shape index (κ3) is 6.60. The van der Waals surface area contributed by atoms with Crippen LogP contribution in [0.1, 0.15) is 35.7 Å². The number of aryl methyl sites for hydroxylation is 2. The van der Waals surface area contributed by atoms with Gasteiger partial charge in [-0.15, -0.1) is 0 Å². The van der Waals surface area contributed by atoms with Crippen molar-refractivity contribution in [2.75, 3.05) is 20.3 Å². The highest BCUT2D eigenvalue weighted by Crippen LogP contribution is 2.14. The van der Waals surface area contributed by atoms with Crippen molar-refractivity contribution in [1.82, 2.24) is 14.0 Å². The minimum Gasteiger partial charge on any atom is -0.462 e. The summed E-state index contributed by atoms with van der Waals surface area (Å²) in [4.78, 5) is 59.1. The predicted molar refractivity (Wildman–Crippen MR) is 144 cm³/mol. The molecule has 3 aromatic rings. The molecule has 204 valence electrons. The lowest BCUT2D eigenvalue weighted by atomic mass is 10.2. The van der Waals surface area contributed by atoms with Gasteiger partial charge in [0.15, 0.2) is 5.49 Å². The van der Waals surface area contributed by atoms with Crippen molar-refractivity contribution in [3.63, 3.8) is 0 Å². The molecule has 0 bridgehead atoms. The van der Waals surface area contributed by atoms with Crippen molar-refractivity contribution >= 4 is 28.6 Å². The summed E-state index contributed by atoms with van der Waals surface area (Å²) in [5.74, 6) is -1.68. The van der Waals surface area contributed by atoms with E-state index in [0.717, 1.165) is 5.56 Å². The smallest absolute Gasteiger partial charge is 0.341 e. The highest BCUT2D eigenvalue weighted by molar-refractivity contribution is 5.94. The lowest BCUT2D eigenvalue weighted by Crippen LogP contribution is -2.33. The standard InChI is InChI=1S/C27H29N5O7/c1-5-7-8-12-19(32(36)37)16-22(33)28-25-21(27(35)39-6-2)17-20-24(30(25)14-10-15-38-4)29-23-18(3)11-9-13-31(23)26(20)34/h5,7-9,11-13,17H,1,6,10,14-16H2,2-4H3/b8-7-,19-12+,28-25?. The Labute approximate surface area is 223 Å². The molecule has 0 aliphatic rings. The van der Waals surface area contributed by atoms with Gasteiger partial charge in [-0.3, -0.25) is 24.1 Å². The zero-order valence-electron chi connectivity index (χ0n) is 22.0. The van der Waals surface area contributed by atoms with Crippen LogP contribution in [-0.4, -0.2) is 51.1 Å². The Hall–Kier alpha value is -4.71. The number of aromatic nitrogens is 3. The molecule has 0 saturated carbocycles. The van der Waals surface area contributed by atoms with E-state index in [0.29, 0.717) is 18.7 Å². The van der Waals surface area contributed by atoms with E-state index in [4.69, 9.17) is 14.5 Å². The van der Waals surface area contributed by atoms with Gasteiger partial charge in [0, 0.05) is 32.5 Å². The fourth-order valence-electron chi connectivity index (χ4n) is 3.89. The molecule has 3 heterocycles. The Morgan fingerprint density at radius 3 is 2.72 bits per heavy atom. The molecular weight excluding hydrogens is 506 g/mol. The number of esters is 1. The SMILES string of the molecule is C=C/C=C\C=C(/CC(=O)N=c1c(C(=O)OCC)cc2c(=O)n3cccc(C)c3nc2n1CCCOC)[N+](=O)[O-]. The molecule has 0 spiro atoms. The average Bonchev–Trinajstić information content (AvgIpc) is 2.90. The number of allylic oxidation sites excluding steroid dienone is 4. The van der Waals surface area contributed by atoms with Crippen LogP contribution in [0.25, 0.3) is 16.7 Å². The van der Waals surface area contributed by atoms with Gasteiger partial charge < -0.3 is 14.0 Å². The number of nitro groups is 1. The maximum atomic E-state index is 13.5. The molecule has 0 unspecified atom stereocenters. The van der Waals surface area contributed by atoms with Crippen LogP contribution in [0.15, 0.2) is 70.8 Å². The number of nitrogens with zero attached hydrogens (tertiary/aromatic N) is 5. The number of hydrogen-bond acceptors (Lipinski definition) is 8. The van der Waals surface area contributed by atoms with Gasteiger partial charge >= 0.3 is 5.97 Å². The number of hydrogen-bond donors (Lipinski definition) is 0. The number of amides is 1. The minimum atomic E-state index is -0.871. The molecule has 0 N–H and O–H groups in total. The second-order valence-electron chi connectivity index (χ2n) is 8.36. The third-order valence-corrected chi connectivity index (χ3v) is 5.66. The number of carbonyl (C=O) groups excluding carboxylic acids is 2. The van der Waals surface area contributed by atoms with Crippen molar-refractivity contribution in [3.8, 4) is 0 Å². The maximum absolute atomic E-state index is 13.5. The number of methoxy groups -OCH3 is 1. The molecule has 12 nitrogen and oxygen atoms in total. The van der Waals surface area contributed by atoms with Gasteiger partial charge in [0.1, 0.15) is 23.3 Å². The van der Waals surface area contributed by atoms with Gasteiger partial charge in [-0.2, -0.15) is 4.99 Å². The van der Waals surface area contributed by atoms with Crippen LogP contribution >= 0.6 is 0 Å². The molecule has 0 aromatic carbocycles. The minimum absolute atomic E-state index is 0.0337. The van der Waals surface area contributed by atoms with Crippen LogP contribution in [0.2, 0.25) is 0 Å². The molecule has 3 aromatic heterocycles. The van der Waals surface area contributed by atoms with E-state index in [2.05, 4.69) is 11.6 Å². The zero-order chi connectivity index (χ0) is 28.5. The summed E-state index contributed by atoms with van der Waals surface area (Å²) in [7, 11) is 1.53. The summed E-state index contributed by atoms with van der Waals surface area (Å²) in [5.41, 5.74) is 0.251. The topological polar surface area (TPSA) is 147 Å². The Bertz CT molecular complexity index is 1630. The van der Waals surface area contributed by atoms with E-state index in [9.17, 15) is 24.5 Å². The van der Waals surface area contributed by atoms with E-state index >= 15 is 0 Å². The first-order valence-electron chi connectivity index (χ1n) is 12.1. The van der Waals surface area contributed by atoms with Gasteiger partial charge in [0.2, 0.25) is 0 Å². The molecular formula is C27H29N5O7. The number of rotatable bonds is 11. The van der Waals surface area contributed by atoms with E-state index in [-0.39, 0.29) is 35.2 Å². The van der Waals surface area contributed by atoms with E-state index in [1.54, 1.807) is 32.2 Å². The molecule has 39 heavy (non-hydrogen) atoms. The number of carbonyl (C=O) groups is 2. The lowest BCUT2D eigenvalue weighted by molar-refractivity contribution is -0.426. The third-order valence-electron chi connectivity index (χ3n) is 5.66. The average molecular weight is 536 g/mol. The normalized spacial score (nSPS) is 12.4. The molecule has 0 aliphatic carbocycles. The summed E-state index contributed by atoms with van der Waals surface area (Å²) >= 11 is 0. The van der Waals surface area contributed by atoms with Gasteiger partial charge in [0.25, 0.3) is 17.2 Å². The van der Waals surface area contributed by atoms with Crippen LogP contribution in [0.5, 0.6) is 0 Å². The Morgan fingerprint density at radius 2 is 2.05 bits per heavy atom. The van der Waals surface area contributed by atoms with Crippen LogP contribution in [0, 0.1) is 17.0 Å². The van der Waals surface area contributed by atoms with E-state index < -0.39 is 34.5 Å². The first-order valence-corrected chi connectivity index (χ1v) is 12.1. The summed E-state index contributed by atoms with van der Waals surface area (Å²) < 4.78 is 13.2. The monoisotopic (exact) mass is 535 g/mol. The quantitative estimate of drug-likeness (QED) is 0.0909. The Morgan fingerprint density at radius 1 is 1.28 bits per heavy atom. The van der Waals surface area contributed by atoms with Crippen molar-refractivity contribution < 1.29 is 24.0 Å². The molecule has 12 heteroatoms. The first kappa shape index (κ1) is 28.9.